The molecule has 1 N–H and O–H groups in total. The summed E-state index contributed by atoms with van der Waals surface area (Å²) in [6, 6.07) is 0.588. The fraction of sp³-hybridized carbons (Fsp3) is 1.00. The third kappa shape index (κ3) is 2.52. The molecule has 2 heterocycles. The molecule has 0 spiro atoms. The summed E-state index contributed by atoms with van der Waals surface area (Å²) in [6.07, 6.45) is 4.23. The first-order valence-electron chi connectivity index (χ1n) is 6.27. The zero-order valence-electron chi connectivity index (χ0n) is 10.3. The van der Waals surface area contributed by atoms with Gasteiger partial charge in [0, 0.05) is 12.6 Å². The van der Waals surface area contributed by atoms with Crippen molar-refractivity contribution in [3.05, 3.63) is 0 Å². The van der Waals surface area contributed by atoms with E-state index in [4.69, 9.17) is 4.74 Å². The molecular weight excluding hydrogens is 188 g/mol. The smallest absolute Gasteiger partial charge is 0.124 e. The van der Waals surface area contributed by atoms with Crippen molar-refractivity contribution in [2.45, 2.75) is 57.9 Å². The molecule has 2 saturated heterocycles. The van der Waals surface area contributed by atoms with Gasteiger partial charge in [-0.25, -0.2) is 0 Å². The van der Waals surface area contributed by atoms with Crippen molar-refractivity contribution >= 4 is 0 Å². The summed E-state index contributed by atoms with van der Waals surface area (Å²) in [6.45, 7) is 9.94. The Balaban J connectivity index is 1.97. The molecule has 0 amide bonds. The lowest BCUT2D eigenvalue weighted by molar-refractivity contribution is -0.0647. The van der Waals surface area contributed by atoms with E-state index in [0.717, 1.165) is 13.1 Å². The van der Waals surface area contributed by atoms with Crippen LogP contribution in [0.2, 0.25) is 0 Å². The fourth-order valence-electron chi connectivity index (χ4n) is 2.74. The third-order valence-corrected chi connectivity index (χ3v) is 3.59. The van der Waals surface area contributed by atoms with Crippen LogP contribution in [0.3, 0.4) is 0 Å². The number of rotatable bonds is 2. The van der Waals surface area contributed by atoms with Gasteiger partial charge in [0.2, 0.25) is 0 Å². The number of likely N-dealkylation sites (tertiary alicyclic amines) is 1. The zero-order valence-corrected chi connectivity index (χ0v) is 10.3. The second-order valence-electron chi connectivity index (χ2n) is 5.37. The Labute approximate surface area is 93.2 Å². The van der Waals surface area contributed by atoms with Gasteiger partial charge in [-0.1, -0.05) is 13.3 Å². The molecule has 2 rings (SSSR count). The van der Waals surface area contributed by atoms with Crippen LogP contribution in [0, 0.1) is 0 Å². The molecule has 3 heteroatoms. The average molecular weight is 212 g/mol. The summed E-state index contributed by atoms with van der Waals surface area (Å²) in [7, 11) is 0. The van der Waals surface area contributed by atoms with Crippen molar-refractivity contribution < 1.29 is 4.74 Å². The third-order valence-electron chi connectivity index (χ3n) is 3.59. The van der Waals surface area contributed by atoms with Crippen molar-refractivity contribution in [3.63, 3.8) is 0 Å². The SMILES string of the molecule is CCN1CCCCC1C1NCC(C)(C)O1. The van der Waals surface area contributed by atoms with Crippen LogP contribution in [0.4, 0.5) is 0 Å². The van der Waals surface area contributed by atoms with Gasteiger partial charge >= 0.3 is 0 Å². The predicted octanol–water partition coefficient (Wildman–Crippen LogP) is 1.59. The van der Waals surface area contributed by atoms with Crippen molar-refractivity contribution in [2.75, 3.05) is 19.6 Å². The summed E-state index contributed by atoms with van der Waals surface area (Å²) in [4.78, 5) is 2.56. The van der Waals surface area contributed by atoms with E-state index in [0.29, 0.717) is 6.04 Å². The molecule has 3 nitrogen and oxygen atoms in total. The Bertz CT molecular complexity index is 218. The first kappa shape index (κ1) is 11.4. The molecule has 0 aromatic rings. The molecular formula is C12H24N2O. The van der Waals surface area contributed by atoms with E-state index in [1.165, 1.54) is 25.8 Å². The molecule has 0 aliphatic carbocycles. The van der Waals surface area contributed by atoms with E-state index in [2.05, 4.69) is 31.0 Å². The van der Waals surface area contributed by atoms with Crippen LogP contribution in [0.1, 0.15) is 40.0 Å². The van der Waals surface area contributed by atoms with Crippen LogP contribution >= 0.6 is 0 Å². The van der Waals surface area contributed by atoms with Crippen molar-refractivity contribution in [2.24, 2.45) is 0 Å². The molecule has 0 radical (unpaired) electrons. The van der Waals surface area contributed by atoms with E-state index >= 15 is 0 Å². The lowest BCUT2D eigenvalue weighted by Crippen LogP contribution is -2.50. The molecule has 2 aliphatic heterocycles. The zero-order chi connectivity index (χ0) is 10.9. The highest BCUT2D eigenvalue weighted by molar-refractivity contribution is 4.90. The van der Waals surface area contributed by atoms with Crippen LogP contribution in [-0.4, -0.2) is 42.4 Å². The van der Waals surface area contributed by atoms with Crippen molar-refractivity contribution in [1.29, 1.82) is 0 Å². The molecule has 88 valence electrons. The first-order chi connectivity index (χ1) is 7.12. The number of hydrogen-bond acceptors (Lipinski definition) is 3. The Hall–Kier alpha value is -0.120. The van der Waals surface area contributed by atoms with Gasteiger partial charge in [-0.3, -0.25) is 10.2 Å². The second kappa shape index (κ2) is 4.40. The van der Waals surface area contributed by atoms with E-state index in [1.54, 1.807) is 0 Å². The Morgan fingerprint density at radius 3 is 2.80 bits per heavy atom. The first-order valence-corrected chi connectivity index (χ1v) is 6.27. The number of ether oxygens (including phenoxy) is 1. The van der Waals surface area contributed by atoms with E-state index < -0.39 is 0 Å². The lowest BCUT2D eigenvalue weighted by Gasteiger charge is -2.38. The minimum atomic E-state index is 0.0154. The van der Waals surface area contributed by atoms with Crippen molar-refractivity contribution in [3.8, 4) is 0 Å². The number of hydrogen-bond donors (Lipinski definition) is 1. The van der Waals surface area contributed by atoms with E-state index in [9.17, 15) is 0 Å². The normalized spacial score (nSPS) is 37.0. The predicted molar refractivity (Wildman–Crippen MR) is 61.8 cm³/mol. The molecule has 2 unspecified atom stereocenters. The Morgan fingerprint density at radius 1 is 1.40 bits per heavy atom. The molecule has 0 bridgehead atoms. The molecule has 0 aromatic carbocycles. The van der Waals surface area contributed by atoms with Crippen LogP contribution in [-0.2, 0) is 4.74 Å². The second-order valence-corrected chi connectivity index (χ2v) is 5.37. The van der Waals surface area contributed by atoms with Crippen LogP contribution in [0.25, 0.3) is 0 Å². The maximum atomic E-state index is 6.07. The summed E-state index contributed by atoms with van der Waals surface area (Å²) in [5.74, 6) is 0. The Morgan fingerprint density at radius 2 is 2.20 bits per heavy atom. The Kier molecular flexibility index (Phi) is 3.33. The van der Waals surface area contributed by atoms with Gasteiger partial charge in [0.1, 0.15) is 6.23 Å². The topological polar surface area (TPSA) is 24.5 Å². The average Bonchev–Trinajstić information content (AvgIpc) is 2.59. The fourth-order valence-corrected chi connectivity index (χ4v) is 2.74. The summed E-state index contributed by atoms with van der Waals surface area (Å²) in [5, 5.41) is 3.52. The van der Waals surface area contributed by atoms with E-state index in [-0.39, 0.29) is 11.8 Å². The van der Waals surface area contributed by atoms with Crippen molar-refractivity contribution in [1.82, 2.24) is 10.2 Å². The number of piperidine rings is 1. The number of likely N-dealkylation sites (N-methyl/N-ethyl adjacent to an activating group) is 1. The van der Waals surface area contributed by atoms with Gasteiger partial charge in [0.25, 0.3) is 0 Å². The summed E-state index contributed by atoms with van der Waals surface area (Å²) >= 11 is 0. The van der Waals surface area contributed by atoms with Gasteiger partial charge in [-0.2, -0.15) is 0 Å². The highest BCUT2D eigenvalue weighted by Crippen LogP contribution is 2.26. The number of nitrogens with zero attached hydrogens (tertiary/aromatic N) is 1. The summed E-state index contributed by atoms with van der Waals surface area (Å²) < 4.78 is 6.07. The maximum Gasteiger partial charge on any atom is 0.124 e. The van der Waals surface area contributed by atoms with Gasteiger partial charge in [0.05, 0.1) is 5.60 Å². The van der Waals surface area contributed by atoms with Gasteiger partial charge in [-0.05, 0) is 39.8 Å². The highest BCUT2D eigenvalue weighted by Gasteiger charge is 2.38. The molecule has 0 saturated carbocycles. The maximum absolute atomic E-state index is 6.07. The molecule has 15 heavy (non-hydrogen) atoms. The molecule has 0 aromatic heterocycles. The lowest BCUT2D eigenvalue weighted by atomic mass is 10.0. The highest BCUT2D eigenvalue weighted by atomic mass is 16.5. The largest absolute Gasteiger partial charge is 0.355 e. The van der Waals surface area contributed by atoms with Crippen LogP contribution < -0.4 is 5.32 Å². The minimum Gasteiger partial charge on any atom is -0.355 e. The van der Waals surface area contributed by atoms with Gasteiger partial charge in [0.15, 0.2) is 0 Å². The van der Waals surface area contributed by atoms with E-state index in [1.807, 2.05) is 0 Å². The number of nitrogens with one attached hydrogen (secondary N) is 1. The van der Waals surface area contributed by atoms with Crippen LogP contribution in [0.5, 0.6) is 0 Å². The summed E-state index contributed by atoms with van der Waals surface area (Å²) in [5.41, 5.74) is 0.0154. The monoisotopic (exact) mass is 212 g/mol. The molecule has 2 fully saturated rings. The molecule has 2 aliphatic rings. The van der Waals surface area contributed by atoms with Crippen LogP contribution in [0.15, 0.2) is 0 Å². The minimum absolute atomic E-state index is 0.0154. The van der Waals surface area contributed by atoms with Gasteiger partial charge < -0.3 is 4.74 Å². The molecule has 2 atom stereocenters. The standard InChI is InChI=1S/C12H24N2O/c1-4-14-8-6-5-7-10(14)11-13-9-12(2,3)15-11/h10-11,13H,4-9H2,1-3H3. The van der Waals surface area contributed by atoms with Gasteiger partial charge in [-0.15, -0.1) is 0 Å². The quantitative estimate of drug-likeness (QED) is 0.752.